The van der Waals surface area contributed by atoms with Crippen LogP contribution in [-0.4, -0.2) is 30.9 Å². The van der Waals surface area contributed by atoms with E-state index >= 15 is 0 Å². The Bertz CT molecular complexity index is 698. The lowest BCUT2D eigenvalue weighted by molar-refractivity contribution is -0.113. The van der Waals surface area contributed by atoms with Gasteiger partial charge in [-0.05, 0) is 19.9 Å². The molecular formula is C15H17ClN2O4S. The van der Waals surface area contributed by atoms with E-state index in [1.807, 2.05) is 13.8 Å². The first kappa shape index (κ1) is 17.5. The molecule has 0 unspecified atom stereocenters. The molecule has 0 radical (unpaired) electrons. The van der Waals surface area contributed by atoms with Gasteiger partial charge < -0.3 is 19.2 Å². The highest BCUT2D eigenvalue weighted by Crippen LogP contribution is 2.36. The molecule has 0 saturated carbocycles. The molecule has 0 atom stereocenters. The molecule has 0 fully saturated rings. The van der Waals surface area contributed by atoms with E-state index in [1.165, 1.54) is 26.0 Å². The van der Waals surface area contributed by atoms with Crippen LogP contribution in [0, 0.1) is 13.8 Å². The smallest absolute Gasteiger partial charge is 0.256 e. The highest BCUT2D eigenvalue weighted by Gasteiger charge is 2.14. The number of aromatic nitrogens is 1. The number of amides is 1. The number of carbonyl (C=O) groups is 1. The number of hydrogen-bond donors (Lipinski definition) is 1. The normalized spacial score (nSPS) is 10.5. The van der Waals surface area contributed by atoms with Crippen LogP contribution in [0.25, 0.3) is 0 Å². The van der Waals surface area contributed by atoms with E-state index in [2.05, 4.69) is 10.3 Å². The fraction of sp³-hybridized carbons (Fsp3) is 0.333. The van der Waals surface area contributed by atoms with Gasteiger partial charge in [-0.25, -0.2) is 4.98 Å². The zero-order valence-electron chi connectivity index (χ0n) is 13.2. The number of nitrogens with zero attached hydrogens (tertiary/aromatic N) is 1. The van der Waals surface area contributed by atoms with Gasteiger partial charge in [0, 0.05) is 6.07 Å². The molecule has 1 amide bonds. The molecule has 6 nitrogen and oxygen atoms in total. The molecular weight excluding hydrogens is 340 g/mol. The molecule has 0 spiro atoms. The minimum absolute atomic E-state index is 0.159. The first-order valence-corrected chi connectivity index (χ1v) is 8.09. The van der Waals surface area contributed by atoms with E-state index in [9.17, 15) is 4.79 Å². The summed E-state index contributed by atoms with van der Waals surface area (Å²) in [6.07, 6.45) is 0. The van der Waals surface area contributed by atoms with Gasteiger partial charge in [-0.3, -0.25) is 4.79 Å². The van der Waals surface area contributed by atoms with Gasteiger partial charge in [-0.15, -0.1) is 0 Å². The van der Waals surface area contributed by atoms with Gasteiger partial charge >= 0.3 is 0 Å². The van der Waals surface area contributed by atoms with Crippen molar-refractivity contribution in [1.82, 2.24) is 4.98 Å². The van der Waals surface area contributed by atoms with Crippen molar-refractivity contribution in [2.24, 2.45) is 0 Å². The summed E-state index contributed by atoms with van der Waals surface area (Å²) in [6, 6.07) is 3.20. The number of rotatable bonds is 6. The molecule has 2 aromatic rings. The van der Waals surface area contributed by atoms with Crippen LogP contribution < -0.4 is 14.8 Å². The summed E-state index contributed by atoms with van der Waals surface area (Å²) in [5, 5.41) is 3.60. The number of carbonyl (C=O) groups excluding carboxylic acids is 1. The van der Waals surface area contributed by atoms with Crippen molar-refractivity contribution in [3.63, 3.8) is 0 Å². The Labute approximate surface area is 143 Å². The molecule has 0 aliphatic heterocycles. The minimum atomic E-state index is -0.219. The monoisotopic (exact) mass is 356 g/mol. The second kappa shape index (κ2) is 7.61. The van der Waals surface area contributed by atoms with Crippen molar-refractivity contribution < 1.29 is 18.7 Å². The van der Waals surface area contributed by atoms with Gasteiger partial charge in [0.25, 0.3) is 5.22 Å². The summed E-state index contributed by atoms with van der Waals surface area (Å²) in [5.74, 6) is 1.63. The van der Waals surface area contributed by atoms with Crippen LogP contribution in [0.2, 0.25) is 5.02 Å². The molecule has 0 saturated heterocycles. The van der Waals surface area contributed by atoms with E-state index in [0.29, 0.717) is 27.4 Å². The Morgan fingerprint density at radius 1 is 1.30 bits per heavy atom. The second-order valence-corrected chi connectivity index (χ2v) is 5.98. The lowest BCUT2D eigenvalue weighted by Gasteiger charge is -2.12. The summed E-state index contributed by atoms with van der Waals surface area (Å²) in [6.45, 7) is 3.68. The molecule has 8 heteroatoms. The molecule has 2 rings (SSSR count). The standard InChI is InChI=1S/C15H17ClN2O4S/c1-8-9(2)22-15(17-8)23-7-14(19)18-11-5-10(16)12(20-3)6-13(11)21-4/h5-6H,7H2,1-4H3,(H,18,19). The van der Waals surface area contributed by atoms with Crippen LogP contribution in [0.1, 0.15) is 11.5 Å². The predicted molar refractivity (Wildman–Crippen MR) is 89.9 cm³/mol. The number of nitrogens with one attached hydrogen (secondary N) is 1. The molecule has 1 N–H and O–H groups in total. The number of methoxy groups -OCH3 is 2. The molecule has 124 valence electrons. The van der Waals surface area contributed by atoms with E-state index in [0.717, 1.165) is 11.5 Å². The average molecular weight is 357 g/mol. The highest BCUT2D eigenvalue weighted by molar-refractivity contribution is 7.99. The number of benzene rings is 1. The van der Waals surface area contributed by atoms with E-state index in [-0.39, 0.29) is 11.7 Å². The third kappa shape index (κ3) is 4.33. The molecule has 0 aliphatic rings. The van der Waals surface area contributed by atoms with Crippen LogP contribution >= 0.6 is 23.4 Å². The topological polar surface area (TPSA) is 73.6 Å². The van der Waals surface area contributed by atoms with E-state index < -0.39 is 0 Å². The number of oxazole rings is 1. The van der Waals surface area contributed by atoms with Crippen LogP contribution in [0.5, 0.6) is 11.5 Å². The van der Waals surface area contributed by atoms with Crippen molar-refractivity contribution in [2.45, 2.75) is 19.1 Å². The van der Waals surface area contributed by atoms with Crippen LogP contribution in [-0.2, 0) is 4.79 Å². The maximum Gasteiger partial charge on any atom is 0.256 e. The maximum absolute atomic E-state index is 12.1. The SMILES string of the molecule is COc1cc(OC)c(NC(=O)CSc2nc(C)c(C)o2)cc1Cl. The van der Waals surface area contributed by atoms with Crippen LogP contribution in [0.4, 0.5) is 5.69 Å². The number of ether oxygens (including phenoxy) is 2. The van der Waals surface area contributed by atoms with Crippen molar-refractivity contribution in [2.75, 3.05) is 25.3 Å². The third-order valence-corrected chi connectivity index (χ3v) is 4.21. The Morgan fingerprint density at radius 3 is 2.57 bits per heavy atom. The van der Waals surface area contributed by atoms with Gasteiger partial charge in [0.1, 0.15) is 17.3 Å². The third-order valence-electron chi connectivity index (χ3n) is 3.08. The van der Waals surface area contributed by atoms with E-state index in [4.69, 9.17) is 25.5 Å². The fourth-order valence-corrected chi connectivity index (χ4v) is 2.73. The highest BCUT2D eigenvalue weighted by atomic mass is 35.5. The molecule has 0 aliphatic carbocycles. The first-order chi connectivity index (χ1) is 10.9. The summed E-state index contributed by atoms with van der Waals surface area (Å²) in [7, 11) is 3.02. The van der Waals surface area contributed by atoms with Crippen molar-refractivity contribution in [3.05, 3.63) is 28.6 Å². The summed E-state index contributed by atoms with van der Waals surface area (Å²) < 4.78 is 15.8. The summed E-state index contributed by atoms with van der Waals surface area (Å²) in [4.78, 5) is 16.3. The molecule has 1 heterocycles. The number of halogens is 1. The van der Waals surface area contributed by atoms with Crippen LogP contribution in [0.15, 0.2) is 21.8 Å². The van der Waals surface area contributed by atoms with Crippen molar-refractivity contribution in [3.8, 4) is 11.5 Å². The summed E-state index contributed by atoms with van der Waals surface area (Å²) >= 11 is 7.29. The van der Waals surface area contributed by atoms with Gasteiger partial charge in [0.05, 0.1) is 36.4 Å². The zero-order chi connectivity index (χ0) is 17.0. The Balaban J connectivity index is 2.03. The largest absolute Gasteiger partial charge is 0.495 e. The van der Waals surface area contributed by atoms with Crippen LogP contribution in [0.3, 0.4) is 0 Å². The lowest BCUT2D eigenvalue weighted by atomic mass is 10.2. The number of hydrogen-bond acceptors (Lipinski definition) is 6. The maximum atomic E-state index is 12.1. The Kier molecular flexibility index (Phi) is 5.79. The Morgan fingerprint density at radius 2 is 2.00 bits per heavy atom. The van der Waals surface area contributed by atoms with Gasteiger partial charge in [-0.1, -0.05) is 23.4 Å². The molecule has 23 heavy (non-hydrogen) atoms. The van der Waals surface area contributed by atoms with Gasteiger partial charge in [-0.2, -0.15) is 0 Å². The number of thioether (sulfide) groups is 1. The van der Waals surface area contributed by atoms with Gasteiger partial charge in [0.2, 0.25) is 5.91 Å². The first-order valence-electron chi connectivity index (χ1n) is 6.72. The zero-order valence-corrected chi connectivity index (χ0v) is 14.8. The van der Waals surface area contributed by atoms with E-state index in [1.54, 1.807) is 12.1 Å². The average Bonchev–Trinajstić information content (AvgIpc) is 2.84. The van der Waals surface area contributed by atoms with Gasteiger partial charge in [0.15, 0.2) is 0 Å². The quantitative estimate of drug-likeness (QED) is 0.796. The minimum Gasteiger partial charge on any atom is -0.495 e. The number of aryl methyl sites for hydroxylation is 2. The fourth-order valence-electron chi connectivity index (χ4n) is 1.78. The molecule has 1 aromatic heterocycles. The summed E-state index contributed by atoms with van der Waals surface area (Å²) in [5.41, 5.74) is 1.29. The van der Waals surface area contributed by atoms with Crippen molar-refractivity contribution in [1.29, 1.82) is 0 Å². The second-order valence-electron chi connectivity index (χ2n) is 4.65. The lowest BCUT2D eigenvalue weighted by Crippen LogP contribution is -2.14. The molecule has 0 bridgehead atoms. The number of anilines is 1. The van der Waals surface area contributed by atoms with Crippen molar-refractivity contribution >= 4 is 35.0 Å². The Hall–Kier alpha value is -1.86. The molecule has 1 aromatic carbocycles. The predicted octanol–water partition coefficient (Wildman–Crippen LogP) is 3.69.